The van der Waals surface area contributed by atoms with Crippen LogP contribution in [0.4, 0.5) is 0 Å². The van der Waals surface area contributed by atoms with E-state index in [1.807, 2.05) is 24.3 Å². The van der Waals surface area contributed by atoms with Crippen molar-refractivity contribution < 1.29 is 4.84 Å². The zero-order valence-corrected chi connectivity index (χ0v) is 7.18. The first kappa shape index (κ1) is 7.86. The average Bonchev–Trinajstić information content (AvgIpc) is 2.58. The molecule has 0 bridgehead atoms. The monoisotopic (exact) mass is 174 g/mol. The molecule has 0 aliphatic rings. The average molecular weight is 174 g/mol. The van der Waals surface area contributed by atoms with Crippen molar-refractivity contribution >= 4 is 10.9 Å². The fourth-order valence-corrected chi connectivity index (χ4v) is 1.17. The van der Waals surface area contributed by atoms with E-state index in [-0.39, 0.29) is 0 Å². The van der Waals surface area contributed by atoms with Crippen LogP contribution in [-0.4, -0.2) is 16.6 Å². The van der Waals surface area contributed by atoms with Crippen molar-refractivity contribution in [2.75, 3.05) is 6.61 Å². The highest BCUT2D eigenvalue weighted by molar-refractivity contribution is 5.77. The van der Waals surface area contributed by atoms with Gasteiger partial charge in [0.25, 0.3) is 0 Å². The van der Waals surface area contributed by atoms with Gasteiger partial charge in [0.05, 0.1) is 6.20 Å². The largest absolute Gasteiger partial charge is 0.392 e. The predicted octanol–water partition coefficient (Wildman–Crippen LogP) is 1.65. The number of fused-ring (bicyclic) bond motifs is 1. The standard InChI is InChI=1S/C10H10N2O/c1-2-7-13-12-10-6-4-3-5-9(10)8-11-12/h2-6,8H,1,7H2. The molecule has 66 valence electrons. The van der Waals surface area contributed by atoms with Gasteiger partial charge in [-0.3, -0.25) is 0 Å². The molecule has 1 aromatic carbocycles. The lowest BCUT2D eigenvalue weighted by Crippen LogP contribution is -2.12. The van der Waals surface area contributed by atoms with Crippen molar-refractivity contribution in [2.24, 2.45) is 0 Å². The van der Waals surface area contributed by atoms with E-state index in [1.54, 1.807) is 12.3 Å². The van der Waals surface area contributed by atoms with Gasteiger partial charge in [0.2, 0.25) is 0 Å². The van der Waals surface area contributed by atoms with Gasteiger partial charge < -0.3 is 4.84 Å². The van der Waals surface area contributed by atoms with Gasteiger partial charge >= 0.3 is 0 Å². The van der Waals surface area contributed by atoms with Crippen molar-refractivity contribution in [3.63, 3.8) is 0 Å². The maximum atomic E-state index is 5.30. The maximum Gasteiger partial charge on any atom is 0.135 e. The summed E-state index contributed by atoms with van der Waals surface area (Å²) < 4.78 is 0. The summed E-state index contributed by atoms with van der Waals surface area (Å²) >= 11 is 0. The van der Waals surface area contributed by atoms with Crippen LogP contribution in [0.5, 0.6) is 0 Å². The molecule has 2 rings (SSSR count). The Balaban J connectivity index is 2.40. The molecule has 3 heteroatoms. The second-order valence-corrected chi connectivity index (χ2v) is 2.66. The van der Waals surface area contributed by atoms with Gasteiger partial charge in [-0.2, -0.15) is 0 Å². The summed E-state index contributed by atoms with van der Waals surface area (Å²) in [5.41, 5.74) is 0.976. The van der Waals surface area contributed by atoms with Crippen molar-refractivity contribution in [2.45, 2.75) is 0 Å². The molecular formula is C10H10N2O. The lowest BCUT2D eigenvalue weighted by Gasteiger charge is -2.01. The minimum atomic E-state index is 0.464. The Morgan fingerprint density at radius 1 is 1.46 bits per heavy atom. The second-order valence-electron chi connectivity index (χ2n) is 2.66. The Morgan fingerprint density at radius 2 is 2.31 bits per heavy atom. The van der Waals surface area contributed by atoms with Crippen molar-refractivity contribution in [3.8, 4) is 0 Å². The number of aromatic nitrogens is 2. The number of rotatable bonds is 3. The van der Waals surface area contributed by atoms with Gasteiger partial charge in [0.1, 0.15) is 12.1 Å². The first-order chi connectivity index (χ1) is 6.42. The van der Waals surface area contributed by atoms with Crippen LogP contribution >= 0.6 is 0 Å². The third kappa shape index (κ3) is 1.40. The lowest BCUT2D eigenvalue weighted by molar-refractivity contribution is 0.115. The molecule has 0 aliphatic carbocycles. The van der Waals surface area contributed by atoms with Crippen LogP contribution in [0.1, 0.15) is 0 Å². The topological polar surface area (TPSA) is 27.1 Å². The van der Waals surface area contributed by atoms with Crippen molar-refractivity contribution in [1.82, 2.24) is 9.94 Å². The van der Waals surface area contributed by atoms with Crippen LogP contribution in [0.15, 0.2) is 43.1 Å². The molecule has 0 N–H and O–H groups in total. The van der Waals surface area contributed by atoms with Gasteiger partial charge in [-0.1, -0.05) is 35.7 Å². The lowest BCUT2D eigenvalue weighted by atomic mass is 10.3. The smallest absolute Gasteiger partial charge is 0.135 e. The van der Waals surface area contributed by atoms with Gasteiger partial charge in [0, 0.05) is 5.39 Å². The van der Waals surface area contributed by atoms with E-state index in [1.165, 1.54) is 4.85 Å². The molecule has 13 heavy (non-hydrogen) atoms. The molecule has 0 unspecified atom stereocenters. The highest BCUT2D eigenvalue weighted by Gasteiger charge is 1.99. The molecule has 0 saturated heterocycles. The summed E-state index contributed by atoms with van der Waals surface area (Å²) in [6.07, 6.45) is 3.47. The summed E-state index contributed by atoms with van der Waals surface area (Å²) in [4.78, 5) is 6.81. The van der Waals surface area contributed by atoms with E-state index in [0.717, 1.165) is 10.9 Å². The zero-order chi connectivity index (χ0) is 9.10. The predicted molar refractivity (Wildman–Crippen MR) is 51.4 cm³/mol. The van der Waals surface area contributed by atoms with Gasteiger partial charge in [-0.25, -0.2) is 0 Å². The molecule has 2 aromatic rings. The number of hydrogen-bond acceptors (Lipinski definition) is 2. The molecule has 0 aliphatic heterocycles. The van der Waals surface area contributed by atoms with Crippen LogP contribution < -0.4 is 4.84 Å². The number of nitrogens with zero attached hydrogens (tertiary/aromatic N) is 2. The van der Waals surface area contributed by atoms with E-state index in [2.05, 4.69) is 11.7 Å². The Morgan fingerprint density at radius 3 is 3.15 bits per heavy atom. The second kappa shape index (κ2) is 3.31. The summed E-state index contributed by atoms with van der Waals surface area (Å²) in [6, 6.07) is 7.89. The quantitative estimate of drug-likeness (QED) is 0.661. The number of hydrogen-bond donors (Lipinski definition) is 0. The third-order valence-corrected chi connectivity index (χ3v) is 1.76. The molecule has 0 radical (unpaired) electrons. The molecule has 0 saturated carbocycles. The normalized spacial score (nSPS) is 10.2. The Bertz CT molecular complexity index is 420. The van der Waals surface area contributed by atoms with Crippen LogP contribution in [0.2, 0.25) is 0 Å². The molecule has 1 aromatic heterocycles. The number of para-hydroxylation sites is 1. The minimum absolute atomic E-state index is 0.464. The summed E-state index contributed by atoms with van der Waals surface area (Å²) in [5.74, 6) is 0. The van der Waals surface area contributed by atoms with Gasteiger partial charge in [-0.05, 0) is 6.07 Å². The van der Waals surface area contributed by atoms with E-state index >= 15 is 0 Å². The molecule has 0 spiro atoms. The SMILES string of the molecule is C=CCOn1ncc2ccccc21. The summed E-state index contributed by atoms with van der Waals surface area (Å²) in [5, 5.41) is 5.16. The number of benzene rings is 1. The van der Waals surface area contributed by atoms with E-state index < -0.39 is 0 Å². The molecule has 1 heterocycles. The fraction of sp³-hybridized carbons (Fsp3) is 0.100. The van der Waals surface area contributed by atoms with Crippen LogP contribution in [0.25, 0.3) is 10.9 Å². The highest BCUT2D eigenvalue weighted by Crippen LogP contribution is 2.10. The molecule has 0 amide bonds. The van der Waals surface area contributed by atoms with E-state index in [9.17, 15) is 0 Å². The summed E-state index contributed by atoms with van der Waals surface area (Å²) in [6.45, 7) is 4.04. The highest BCUT2D eigenvalue weighted by atomic mass is 16.7. The van der Waals surface area contributed by atoms with Crippen molar-refractivity contribution in [1.29, 1.82) is 0 Å². The Hall–Kier alpha value is -1.77. The van der Waals surface area contributed by atoms with Crippen LogP contribution in [0.3, 0.4) is 0 Å². The van der Waals surface area contributed by atoms with Crippen LogP contribution in [0, 0.1) is 0 Å². The Labute approximate surface area is 76.2 Å². The zero-order valence-electron chi connectivity index (χ0n) is 7.18. The third-order valence-electron chi connectivity index (χ3n) is 1.76. The minimum Gasteiger partial charge on any atom is -0.392 e. The molecule has 3 nitrogen and oxygen atoms in total. The Kier molecular flexibility index (Phi) is 2.00. The molecule has 0 fully saturated rings. The van der Waals surface area contributed by atoms with Crippen LogP contribution in [-0.2, 0) is 0 Å². The van der Waals surface area contributed by atoms with Crippen molar-refractivity contribution in [3.05, 3.63) is 43.1 Å². The van der Waals surface area contributed by atoms with Gasteiger partial charge in [0.15, 0.2) is 0 Å². The van der Waals surface area contributed by atoms with E-state index in [4.69, 9.17) is 4.84 Å². The molecular weight excluding hydrogens is 164 g/mol. The van der Waals surface area contributed by atoms with E-state index in [0.29, 0.717) is 6.61 Å². The molecule has 0 atom stereocenters. The summed E-state index contributed by atoms with van der Waals surface area (Å²) in [7, 11) is 0. The van der Waals surface area contributed by atoms with Gasteiger partial charge in [-0.15, -0.1) is 5.10 Å². The first-order valence-corrected chi connectivity index (χ1v) is 4.09. The fourth-order valence-electron chi connectivity index (χ4n) is 1.17. The first-order valence-electron chi connectivity index (χ1n) is 4.09. The maximum absolute atomic E-state index is 5.30.